The molecule has 0 aliphatic rings. The number of hydrogen-bond donors (Lipinski definition) is 1. The van der Waals surface area contributed by atoms with E-state index >= 15 is 0 Å². The summed E-state index contributed by atoms with van der Waals surface area (Å²) in [7, 11) is 3.13. The molecular formula is C14H17N3O3S3. The molecule has 0 saturated heterocycles. The van der Waals surface area contributed by atoms with Gasteiger partial charge in [0.25, 0.3) is 0 Å². The molecule has 2 rings (SSSR count). The Morgan fingerprint density at radius 1 is 1.22 bits per heavy atom. The number of anilines is 1. The highest BCUT2D eigenvalue weighted by Crippen LogP contribution is 2.32. The molecular weight excluding hydrogens is 354 g/mol. The summed E-state index contributed by atoms with van der Waals surface area (Å²) >= 11 is 4.41. The number of amides is 1. The second kappa shape index (κ2) is 8.42. The van der Waals surface area contributed by atoms with Crippen LogP contribution >= 0.6 is 34.9 Å². The van der Waals surface area contributed by atoms with Crippen molar-refractivity contribution in [1.82, 2.24) is 10.2 Å². The summed E-state index contributed by atoms with van der Waals surface area (Å²) in [5.41, 5.74) is 0.655. The summed E-state index contributed by atoms with van der Waals surface area (Å²) in [5.74, 6) is 1.08. The standard InChI is InChI=1S/C14H17N3O3S3/c1-8(22-14-17-16-13(21-4)23-14)12(18)15-9-5-6-10(19-2)11(7-9)20-3/h5-8H,1-4H3,(H,15,18)/t8-/m0/s1. The van der Waals surface area contributed by atoms with E-state index in [0.29, 0.717) is 17.2 Å². The number of hydrogen-bond acceptors (Lipinski definition) is 8. The van der Waals surface area contributed by atoms with Crippen LogP contribution in [0.1, 0.15) is 6.92 Å². The lowest BCUT2D eigenvalue weighted by Gasteiger charge is -2.13. The van der Waals surface area contributed by atoms with E-state index in [1.165, 1.54) is 23.1 Å². The van der Waals surface area contributed by atoms with Gasteiger partial charge in [-0.1, -0.05) is 34.9 Å². The van der Waals surface area contributed by atoms with Crippen molar-refractivity contribution in [3.8, 4) is 11.5 Å². The van der Waals surface area contributed by atoms with Gasteiger partial charge in [0.1, 0.15) is 0 Å². The molecule has 2 aromatic rings. The number of aromatic nitrogens is 2. The number of carbonyl (C=O) groups is 1. The molecule has 1 N–H and O–H groups in total. The maximum Gasteiger partial charge on any atom is 0.237 e. The molecule has 0 radical (unpaired) electrons. The largest absolute Gasteiger partial charge is 0.493 e. The molecule has 0 aliphatic heterocycles. The molecule has 0 aliphatic carbocycles. The highest BCUT2D eigenvalue weighted by atomic mass is 32.2. The third-order valence-corrected chi connectivity index (χ3v) is 5.94. The number of ether oxygens (including phenoxy) is 2. The number of nitrogens with one attached hydrogen (secondary N) is 1. The fourth-order valence-corrected chi connectivity index (χ4v) is 4.27. The Morgan fingerprint density at radius 2 is 1.91 bits per heavy atom. The Labute approximate surface area is 147 Å². The monoisotopic (exact) mass is 371 g/mol. The number of methoxy groups -OCH3 is 2. The van der Waals surface area contributed by atoms with Gasteiger partial charge in [-0.05, 0) is 25.3 Å². The molecule has 0 saturated carbocycles. The van der Waals surface area contributed by atoms with E-state index in [4.69, 9.17) is 9.47 Å². The minimum absolute atomic E-state index is 0.108. The van der Waals surface area contributed by atoms with Crippen LogP contribution in [0.5, 0.6) is 11.5 Å². The fraction of sp³-hybridized carbons (Fsp3) is 0.357. The molecule has 0 bridgehead atoms. The maximum absolute atomic E-state index is 12.3. The first-order chi connectivity index (χ1) is 11.1. The van der Waals surface area contributed by atoms with Gasteiger partial charge in [0.15, 0.2) is 20.2 Å². The van der Waals surface area contributed by atoms with Crippen LogP contribution in [0.3, 0.4) is 0 Å². The van der Waals surface area contributed by atoms with Gasteiger partial charge >= 0.3 is 0 Å². The summed E-state index contributed by atoms with van der Waals surface area (Å²) in [6, 6.07) is 5.25. The third kappa shape index (κ3) is 4.76. The number of nitrogens with zero attached hydrogens (tertiary/aromatic N) is 2. The highest BCUT2D eigenvalue weighted by Gasteiger charge is 2.18. The Balaban J connectivity index is 2.00. The number of rotatable bonds is 7. The quantitative estimate of drug-likeness (QED) is 0.748. The van der Waals surface area contributed by atoms with Gasteiger partial charge in [-0.2, -0.15) is 0 Å². The summed E-state index contributed by atoms with van der Waals surface area (Å²) < 4.78 is 12.1. The van der Waals surface area contributed by atoms with Gasteiger partial charge in [-0.3, -0.25) is 4.79 Å². The SMILES string of the molecule is COc1ccc(NC(=O)[C@H](C)Sc2nnc(SC)s2)cc1OC. The first-order valence-electron chi connectivity index (χ1n) is 6.64. The molecule has 0 spiro atoms. The molecule has 0 fully saturated rings. The molecule has 23 heavy (non-hydrogen) atoms. The van der Waals surface area contributed by atoms with E-state index in [9.17, 15) is 4.79 Å². The van der Waals surface area contributed by atoms with E-state index in [1.54, 1.807) is 44.2 Å². The lowest BCUT2D eigenvalue weighted by molar-refractivity contribution is -0.115. The zero-order valence-corrected chi connectivity index (χ0v) is 15.6. The van der Waals surface area contributed by atoms with Gasteiger partial charge in [-0.15, -0.1) is 10.2 Å². The number of benzene rings is 1. The van der Waals surface area contributed by atoms with E-state index in [2.05, 4.69) is 15.5 Å². The summed E-state index contributed by atoms with van der Waals surface area (Å²) in [6.07, 6.45) is 1.95. The molecule has 1 aromatic heterocycles. The van der Waals surface area contributed by atoms with E-state index in [0.717, 1.165) is 8.68 Å². The first-order valence-corrected chi connectivity index (χ1v) is 9.56. The number of thioether (sulfide) groups is 2. The van der Waals surface area contributed by atoms with Crippen LogP contribution in [0, 0.1) is 0 Å². The van der Waals surface area contributed by atoms with Gasteiger partial charge in [0, 0.05) is 11.8 Å². The van der Waals surface area contributed by atoms with Gasteiger partial charge in [-0.25, -0.2) is 0 Å². The second-order valence-electron chi connectivity index (χ2n) is 4.36. The van der Waals surface area contributed by atoms with Crippen LogP contribution in [-0.2, 0) is 4.79 Å². The minimum atomic E-state index is -0.286. The van der Waals surface area contributed by atoms with Crippen molar-refractivity contribution < 1.29 is 14.3 Å². The van der Waals surface area contributed by atoms with Crippen molar-refractivity contribution in [3.63, 3.8) is 0 Å². The van der Waals surface area contributed by atoms with Crippen molar-refractivity contribution in [2.24, 2.45) is 0 Å². The smallest absolute Gasteiger partial charge is 0.237 e. The summed E-state index contributed by atoms with van der Waals surface area (Å²) in [4.78, 5) is 12.3. The van der Waals surface area contributed by atoms with Gasteiger partial charge < -0.3 is 14.8 Å². The molecule has 1 atom stereocenters. The predicted molar refractivity (Wildman–Crippen MR) is 95.2 cm³/mol. The van der Waals surface area contributed by atoms with Crippen LogP contribution < -0.4 is 14.8 Å². The molecule has 0 unspecified atom stereocenters. The Bertz CT molecular complexity index is 678. The third-order valence-electron chi connectivity index (χ3n) is 2.86. The first kappa shape index (κ1) is 17.9. The molecule has 6 nitrogen and oxygen atoms in total. The van der Waals surface area contributed by atoms with Crippen LogP contribution in [0.15, 0.2) is 26.9 Å². The van der Waals surface area contributed by atoms with Crippen molar-refractivity contribution in [2.75, 3.05) is 25.8 Å². The maximum atomic E-state index is 12.3. The van der Waals surface area contributed by atoms with Gasteiger partial charge in [0.2, 0.25) is 5.91 Å². The molecule has 1 amide bonds. The Hall–Kier alpha value is -1.45. The summed E-state index contributed by atoms with van der Waals surface area (Å²) in [6.45, 7) is 1.83. The second-order valence-corrected chi connectivity index (χ2v) is 7.98. The molecule has 1 aromatic carbocycles. The average Bonchev–Trinajstić information content (AvgIpc) is 3.02. The van der Waals surface area contributed by atoms with E-state index in [1.807, 2.05) is 13.2 Å². The van der Waals surface area contributed by atoms with Crippen LogP contribution in [0.2, 0.25) is 0 Å². The Morgan fingerprint density at radius 3 is 2.52 bits per heavy atom. The minimum Gasteiger partial charge on any atom is -0.493 e. The highest BCUT2D eigenvalue weighted by molar-refractivity contribution is 8.03. The van der Waals surface area contributed by atoms with Crippen molar-refractivity contribution in [2.45, 2.75) is 20.9 Å². The lowest BCUT2D eigenvalue weighted by atomic mass is 10.2. The van der Waals surface area contributed by atoms with Crippen LogP contribution in [0.4, 0.5) is 5.69 Å². The normalized spacial score (nSPS) is 11.8. The van der Waals surface area contributed by atoms with Gasteiger partial charge in [0.05, 0.1) is 19.5 Å². The van der Waals surface area contributed by atoms with Crippen LogP contribution in [0.25, 0.3) is 0 Å². The van der Waals surface area contributed by atoms with Crippen LogP contribution in [-0.4, -0.2) is 41.8 Å². The average molecular weight is 372 g/mol. The molecule has 124 valence electrons. The zero-order valence-electron chi connectivity index (χ0n) is 13.2. The fourth-order valence-electron chi connectivity index (χ4n) is 1.69. The van der Waals surface area contributed by atoms with Crippen molar-refractivity contribution in [3.05, 3.63) is 18.2 Å². The lowest BCUT2D eigenvalue weighted by Crippen LogP contribution is -2.22. The summed E-state index contributed by atoms with van der Waals surface area (Å²) in [5, 5.41) is 10.7. The predicted octanol–water partition coefficient (Wildman–Crippen LogP) is 3.40. The number of carbonyl (C=O) groups excluding carboxylic acids is 1. The van der Waals surface area contributed by atoms with E-state index < -0.39 is 0 Å². The zero-order chi connectivity index (χ0) is 16.8. The Kier molecular flexibility index (Phi) is 6.55. The van der Waals surface area contributed by atoms with Crippen molar-refractivity contribution in [1.29, 1.82) is 0 Å². The topological polar surface area (TPSA) is 73.3 Å². The molecule has 1 heterocycles. The van der Waals surface area contributed by atoms with E-state index in [-0.39, 0.29) is 11.2 Å². The van der Waals surface area contributed by atoms with Crippen molar-refractivity contribution >= 4 is 46.5 Å². The molecule has 9 heteroatoms.